The van der Waals surface area contributed by atoms with Crippen molar-refractivity contribution in [3.8, 4) is 93.0 Å². The Morgan fingerprint density at radius 2 is 0.299 bits per heavy atom. The standard InChI is InChI=1S/C124H140N12O8/c1-5-9-13-17-21-25-29-33-37-49-69-121-85-73-89-81-90(74-85)138-114-116(128-100-56-44-42-54-98(100)126-114)140-92-76-87-78-94(83-92)142-118-120(132-104-60-48-46-58-102(104)130-118)144-96-80-88-79-95(84-96)143-119-117(129-101-57-45-47-59-103(101)131-119)141-93-77-86(75-91(82-93)139-115-113(137-89)125-97-53-41-43-55-99(97)127-115)122(107-63-61-105(121)133-107,70-50-38-34-30-26-22-18-14-10-6-2)109-65-67-111(135-109)124(88,72-52-40-36-32-28-24-20-16-12-8-4)112-68-66-110(136-112)123(87,108-64-62-106(121)134-108)71-51-39-35-31-27-23-19-15-11-7-3/h41-48,53-68,73-84,133-136H,5-40,49-52,69-72H2,1-4H3. The van der Waals surface area contributed by atoms with E-state index in [1.165, 1.54) is 154 Å². The van der Waals surface area contributed by atoms with Crippen LogP contribution in [0.1, 0.15) is 378 Å². The molecular formula is C124H140N12O8. The summed E-state index contributed by atoms with van der Waals surface area (Å²) in [7, 11) is 0. The maximum absolute atomic E-state index is 7.69. The molecule has 0 atom stereocenters. The maximum atomic E-state index is 7.69. The van der Waals surface area contributed by atoms with E-state index in [1.54, 1.807) is 0 Å². The minimum atomic E-state index is -1.12. The topological polar surface area (TPSA) is 240 Å². The lowest BCUT2D eigenvalue weighted by Crippen LogP contribution is -2.35. The van der Waals surface area contributed by atoms with E-state index in [0.29, 0.717) is 116 Å². The first-order valence-electron chi connectivity index (χ1n) is 55.0. The summed E-state index contributed by atoms with van der Waals surface area (Å²) >= 11 is 0. The van der Waals surface area contributed by atoms with Gasteiger partial charge < -0.3 is 57.8 Å². The second-order valence-corrected chi connectivity index (χ2v) is 41.4. The van der Waals surface area contributed by atoms with Crippen molar-refractivity contribution in [1.82, 2.24) is 59.8 Å². The van der Waals surface area contributed by atoms with Gasteiger partial charge in [-0.05, 0) is 194 Å². The van der Waals surface area contributed by atoms with Crippen molar-refractivity contribution >= 4 is 44.1 Å². The summed E-state index contributed by atoms with van der Waals surface area (Å²) in [5.74, 6) is 4.04. The molecule has 8 aromatic carbocycles. The molecule has 8 aromatic heterocycles. The minimum Gasteiger partial charge on any atom is -0.435 e. The Balaban J connectivity index is 0.907. The molecule has 0 radical (unpaired) electrons. The molecule has 20 nitrogen and oxygen atoms in total. The van der Waals surface area contributed by atoms with E-state index in [9.17, 15) is 0 Å². The summed E-state index contributed by atoms with van der Waals surface area (Å²) in [5.41, 5.74) is 11.5. The highest BCUT2D eigenvalue weighted by molar-refractivity contribution is 5.79. The molecular weight excluding hydrogens is 1790 g/mol. The van der Waals surface area contributed by atoms with Gasteiger partial charge in [0.25, 0.3) is 47.0 Å². The number of H-pyrrole nitrogens is 4. The van der Waals surface area contributed by atoms with Gasteiger partial charge in [-0.15, -0.1) is 0 Å². The zero-order valence-corrected chi connectivity index (χ0v) is 84.7. The van der Waals surface area contributed by atoms with Crippen LogP contribution < -0.4 is 37.9 Å². The Morgan fingerprint density at radius 3 is 0.438 bits per heavy atom. The van der Waals surface area contributed by atoms with Crippen LogP contribution in [0.2, 0.25) is 0 Å². The van der Waals surface area contributed by atoms with Gasteiger partial charge in [-0.25, -0.2) is 39.9 Å². The Bertz CT molecular complexity index is 5950. The zero-order chi connectivity index (χ0) is 97.5. The van der Waals surface area contributed by atoms with Crippen LogP contribution in [0.25, 0.3) is 44.1 Å². The molecule has 0 unspecified atom stereocenters. The number of aromatic amines is 4. The van der Waals surface area contributed by atoms with Gasteiger partial charge in [0.15, 0.2) is 0 Å². The van der Waals surface area contributed by atoms with Crippen LogP contribution in [0, 0.1) is 0 Å². The number of fused-ring (bicyclic) bond motifs is 20. The van der Waals surface area contributed by atoms with Crippen LogP contribution in [-0.2, 0) is 21.7 Å². The average molecular weight is 1930 g/mol. The third kappa shape index (κ3) is 20.6. The van der Waals surface area contributed by atoms with E-state index in [2.05, 4.69) is 145 Å². The molecule has 40 bridgehead atoms. The monoisotopic (exact) mass is 1930 g/mol. The molecule has 144 heavy (non-hydrogen) atoms. The van der Waals surface area contributed by atoms with Gasteiger partial charge in [-0.1, -0.05) is 333 Å². The van der Waals surface area contributed by atoms with Crippen LogP contribution in [0.15, 0.2) is 218 Å². The van der Waals surface area contributed by atoms with Crippen LogP contribution in [0.5, 0.6) is 93.0 Å². The predicted molar refractivity (Wildman–Crippen MR) is 573 cm³/mol. The number of nitrogens with zero attached hydrogens (tertiary/aromatic N) is 8. The Morgan fingerprint density at radius 1 is 0.167 bits per heavy atom. The van der Waals surface area contributed by atoms with E-state index in [-0.39, 0.29) is 47.0 Å². The van der Waals surface area contributed by atoms with Gasteiger partial charge in [0.2, 0.25) is 0 Å². The van der Waals surface area contributed by atoms with Crippen LogP contribution in [-0.4, -0.2) is 59.8 Å². The highest BCUT2D eigenvalue weighted by Gasteiger charge is 2.50. The summed E-state index contributed by atoms with van der Waals surface area (Å²) in [5, 5.41) is 0. The molecule has 0 amide bonds. The molecule has 0 aliphatic carbocycles. The van der Waals surface area contributed by atoms with Gasteiger partial charge in [0.1, 0.15) is 46.0 Å². The van der Waals surface area contributed by atoms with Gasteiger partial charge in [-0.2, -0.15) is 0 Å². The Kier molecular flexibility index (Phi) is 30.2. The van der Waals surface area contributed by atoms with Gasteiger partial charge in [0.05, 0.1) is 65.8 Å². The van der Waals surface area contributed by atoms with Crippen molar-refractivity contribution in [2.24, 2.45) is 0 Å². The molecule has 4 N–H and O–H groups in total. The number of nitrogens with one attached hydrogen (secondary N) is 4. The first-order valence-corrected chi connectivity index (χ1v) is 55.0. The second kappa shape index (κ2) is 44.9. The largest absolute Gasteiger partial charge is 0.435 e. The Hall–Kier alpha value is -13.4. The molecule has 5 aliphatic rings. The van der Waals surface area contributed by atoms with Crippen LogP contribution >= 0.6 is 0 Å². The predicted octanol–water partition coefficient (Wildman–Crippen LogP) is 35.3. The van der Waals surface area contributed by atoms with Crippen molar-refractivity contribution < 1.29 is 37.9 Å². The van der Waals surface area contributed by atoms with Crippen molar-refractivity contribution in [1.29, 1.82) is 0 Å². The lowest BCUT2D eigenvalue weighted by molar-refractivity contribution is 0.373. The van der Waals surface area contributed by atoms with Gasteiger partial charge >= 0.3 is 0 Å². The molecule has 21 rings (SSSR count). The lowest BCUT2D eigenvalue weighted by Gasteiger charge is -2.38. The molecule has 0 fully saturated rings. The molecule has 20 heteroatoms. The van der Waals surface area contributed by atoms with Crippen molar-refractivity contribution in [3.63, 3.8) is 0 Å². The molecule has 0 spiro atoms. The summed E-state index contributed by atoms with van der Waals surface area (Å²) in [6, 6.07) is 76.1. The highest BCUT2D eigenvalue weighted by Crippen LogP contribution is 2.58. The summed E-state index contributed by atoms with van der Waals surface area (Å²) < 4.78 is 61.5. The van der Waals surface area contributed by atoms with Gasteiger partial charge in [0, 0.05) is 69.8 Å². The quantitative estimate of drug-likeness (QED) is 0.0260. The summed E-state index contributed by atoms with van der Waals surface area (Å²) in [6.45, 7) is 9.21. The van der Waals surface area contributed by atoms with E-state index < -0.39 is 21.7 Å². The molecule has 0 saturated carbocycles. The van der Waals surface area contributed by atoms with E-state index in [1.807, 2.05) is 121 Å². The van der Waals surface area contributed by atoms with Gasteiger partial charge in [-0.3, -0.25) is 0 Å². The average Bonchev–Trinajstić information content (AvgIpc) is 1.54. The number of aromatic nitrogens is 12. The Labute approximate surface area is 847 Å². The number of ether oxygens (including phenoxy) is 8. The summed E-state index contributed by atoms with van der Waals surface area (Å²) in [4.78, 5) is 62.4. The second-order valence-electron chi connectivity index (χ2n) is 41.4. The third-order valence-electron chi connectivity index (χ3n) is 31.3. The number of para-hydroxylation sites is 8. The van der Waals surface area contributed by atoms with Crippen molar-refractivity contribution in [2.75, 3.05) is 0 Å². The van der Waals surface area contributed by atoms with E-state index in [0.717, 1.165) is 171 Å². The normalized spacial score (nSPS) is 17.1. The fraction of sp³-hybridized carbons (Fsp3) is 0.419. The van der Waals surface area contributed by atoms with Crippen molar-refractivity contribution in [3.05, 3.63) is 286 Å². The van der Waals surface area contributed by atoms with Crippen molar-refractivity contribution in [2.45, 2.75) is 332 Å². The van der Waals surface area contributed by atoms with Crippen LogP contribution in [0.4, 0.5) is 0 Å². The van der Waals surface area contributed by atoms with E-state index in [4.69, 9.17) is 77.8 Å². The number of unbranched alkanes of at least 4 members (excludes halogenated alkanes) is 36. The third-order valence-corrected chi connectivity index (χ3v) is 31.3. The molecule has 0 saturated heterocycles. The number of hydrogen-bond donors (Lipinski definition) is 4. The smallest absolute Gasteiger partial charge is 0.284 e. The van der Waals surface area contributed by atoms with E-state index >= 15 is 0 Å². The summed E-state index contributed by atoms with van der Waals surface area (Å²) in [6.07, 6.45) is 48.3. The molecule has 744 valence electrons. The molecule has 13 heterocycles. The minimum absolute atomic E-state index is 0.112. The molecule has 5 aliphatic heterocycles. The first-order chi connectivity index (χ1) is 71.0. The van der Waals surface area contributed by atoms with Crippen LogP contribution in [0.3, 0.4) is 0 Å². The fourth-order valence-corrected chi connectivity index (χ4v) is 23.6. The fourth-order valence-electron chi connectivity index (χ4n) is 23.6. The number of rotatable bonds is 44. The highest BCUT2D eigenvalue weighted by atomic mass is 16.6. The first kappa shape index (κ1) is 96.8. The maximum Gasteiger partial charge on any atom is 0.284 e. The number of hydrogen-bond acceptors (Lipinski definition) is 16. The SMILES string of the molecule is CCCCCCCCCCCCC12c3cc4cc(c3)Oc3nc5ccccc5nc3Oc3cc5cc(c3)C(CCCCCCCCCCCC)(c3ccc1[nH]3)c1ccc([nH]1)C1(CCCCCCCCCCCC)c3cc(cc(c3)Oc3nc6ccccc6nc3O5)Oc3nc5ccccc5nc3Oc3cc(cc(c3)C(CCCCCCCCCCCC)(c3ccc2[nH]3)c2ccc1[nH]2)Oc1nc2ccccc2nc1O4. The number of benzene rings is 8. The zero-order valence-electron chi connectivity index (χ0n) is 84.7. The molecule has 16 aromatic rings. The lowest BCUT2D eigenvalue weighted by atomic mass is 9.70.